The van der Waals surface area contributed by atoms with Gasteiger partial charge in [-0.1, -0.05) is 6.58 Å². The van der Waals surface area contributed by atoms with Crippen LogP contribution in [0.2, 0.25) is 0 Å². The van der Waals surface area contributed by atoms with Crippen molar-refractivity contribution in [3.63, 3.8) is 0 Å². The minimum absolute atomic E-state index is 0.185. The number of Topliss-reactive ketones (excluding diaryl/α,β-unsaturated/α-hetero) is 1. The van der Waals surface area contributed by atoms with Crippen LogP contribution in [0.3, 0.4) is 0 Å². The summed E-state index contributed by atoms with van der Waals surface area (Å²) in [5.74, 6) is -0.247. The summed E-state index contributed by atoms with van der Waals surface area (Å²) in [6.07, 6.45) is 1.12. The first-order chi connectivity index (χ1) is 19.6. The SMILES string of the molecule is C=C(NCCCC[C@H](NC(=O)OC(C)(C)C)C(=O)NCCCC[C@H](NC(=O)OC(C)(C)C)C(C)=O)NC(=O)OC(C)(C)C. The van der Waals surface area contributed by atoms with Crippen molar-refractivity contribution in [1.82, 2.24) is 26.6 Å². The number of carbonyl (C=O) groups excluding carboxylic acids is 5. The molecule has 2 atom stereocenters. The van der Waals surface area contributed by atoms with Crippen LogP contribution in [0.5, 0.6) is 0 Å². The Labute approximate surface area is 257 Å². The zero-order valence-electron chi connectivity index (χ0n) is 27.8. The molecule has 0 heterocycles. The lowest BCUT2D eigenvalue weighted by Crippen LogP contribution is -2.48. The van der Waals surface area contributed by atoms with Gasteiger partial charge in [0.2, 0.25) is 5.91 Å². The molecule has 13 heteroatoms. The molecule has 0 fully saturated rings. The van der Waals surface area contributed by atoms with Crippen LogP contribution in [-0.2, 0) is 23.8 Å². The molecule has 0 aromatic heterocycles. The Bertz CT molecular complexity index is 948. The van der Waals surface area contributed by atoms with Crippen molar-refractivity contribution < 1.29 is 38.2 Å². The number of ketones is 1. The average molecular weight is 614 g/mol. The fourth-order valence-electron chi connectivity index (χ4n) is 3.54. The van der Waals surface area contributed by atoms with Gasteiger partial charge in [-0.15, -0.1) is 0 Å². The molecule has 0 rings (SSSR count). The van der Waals surface area contributed by atoms with Gasteiger partial charge in [-0.3, -0.25) is 14.9 Å². The van der Waals surface area contributed by atoms with E-state index in [4.69, 9.17) is 14.2 Å². The van der Waals surface area contributed by atoms with Gasteiger partial charge in [0.15, 0.2) is 5.78 Å². The number of hydrogen-bond acceptors (Lipinski definition) is 9. The normalized spacial score (nSPS) is 13.1. The second-order valence-corrected chi connectivity index (χ2v) is 13.3. The maximum Gasteiger partial charge on any atom is 0.413 e. The molecule has 0 saturated carbocycles. The summed E-state index contributed by atoms with van der Waals surface area (Å²) in [6, 6.07) is -1.51. The van der Waals surface area contributed by atoms with E-state index in [2.05, 4.69) is 33.2 Å². The number of ether oxygens (including phenoxy) is 3. The van der Waals surface area contributed by atoms with Crippen LogP contribution in [0.15, 0.2) is 12.4 Å². The van der Waals surface area contributed by atoms with Crippen LogP contribution in [0.1, 0.15) is 108 Å². The first-order valence-electron chi connectivity index (χ1n) is 14.8. The lowest BCUT2D eigenvalue weighted by Gasteiger charge is -2.23. The van der Waals surface area contributed by atoms with Gasteiger partial charge >= 0.3 is 18.3 Å². The summed E-state index contributed by atoms with van der Waals surface area (Å²) in [5, 5.41) is 13.6. The summed E-state index contributed by atoms with van der Waals surface area (Å²) in [7, 11) is 0. The van der Waals surface area contributed by atoms with E-state index < -0.39 is 47.2 Å². The molecule has 0 aromatic rings. The lowest BCUT2D eigenvalue weighted by atomic mass is 10.1. The van der Waals surface area contributed by atoms with Crippen molar-refractivity contribution in [3.05, 3.63) is 12.4 Å². The Morgan fingerprint density at radius 1 is 0.605 bits per heavy atom. The zero-order valence-corrected chi connectivity index (χ0v) is 27.8. The molecular formula is C30H55N5O8. The second-order valence-electron chi connectivity index (χ2n) is 13.3. The van der Waals surface area contributed by atoms with E-state index in [0.717, 1.165) is 0 Å². The standard InChI is InChI=1S/C30H55N5O8/c1-20(36)22(34-26(39)42-29(6,7)8)16-12-15-19-32-24(37)23(35-27(40)43-30(9,10)11)17-13-14-18-31-21(2)33-25(38)41-28(3,4)5/h22-23,31H,2,12-19H2,1,3-11H3,(H,32,37)(H,33,38)(H,34,39)(H,35,40)/t22-,23-/m0/s1. The highest BCUT2D eigenvalue weighted by molar-refractivity contribution is 5.86. The van der Waals surface area contributed by atoms with Gasteiger partial charge < -0.3 is 35.5 Å². The number of unbranched alkanes of at least 4 members (excludes halogenated alkanes) is 2. The second kappa shape index (κ2) is 18.2. The van der Waals surface area contributed by atoms with Gasteiger partial charge in [0.1, 0.15) is 28.7 Å². The van der Waals surface area contributed by atoms with Gasteiger partial charge in [0, 0.05) is 13.1 Å². The lowest BCUT2D eigenvalue weighted by molar-refractivity contribution is -0.123. The molecule has 13 nitrogen and oxygen atoms in total. The van der Waals surface area contributed by atoms with E-state index in [1.54, 1.807) is 62.3 Å². The minimum Gasteiger partial charge on any atom is -0.444 e. The average Bonchev–Trinajstić information content (AvgIpc) is 2.78. The van der Waals surface area contributed by atoms with Gasteiger partial charge in [-0.05, 0) is 108 Å². The van der Waals surface area contributed by atoms with Gasteiger partial charge in [0.05, 0.1) is 6.04 Å². The smallest absolute Gasteiger partial charge is 0.413 e. The maximum absolute atomic E-state index is 12.9. The Kier molecular flexibility index (Phi) is 16.7. The third-order valence-electron chi connectivity index (χ3n) is 5.32. The first kappa shape index (κ1) is 39.5. The predicted octanol–water partition coefficient (Wildman–Crippen LogP) is 4.40. The molecular weight excluding hydrogens is 558 g/mol. The number of alkyl carbamates (subject to hydrolysis) is 3. The van der Waals surface area contributed by atoms with Crippen molar-refractivity contribution in [2.24, 2.45) is 0 Å². The minimum atomic E-state index is -0.822. The van der Waals surface area contributed by atoms with Crippen molar-refractivity contribution in [2.75, 3.05) is 13.1 Å². The van der Waals surface area contributed by atoms with Crippen LogP contribution in [-0.4, -0.2) is 71.9 Å². The maximum atomic E-state index is 12.9. The van der Waals surface area contributed by atoms with E-state index in [0.29, 0.717) is 57.4 Å². The molecule has 0 aliphatic carbocycles. The van der Waals surface area contributed by atoms with Gasteiger partial charge in [0.25, 0.3) is 0 Å². The van der Waals surface area contributed by atoms with Gasteiger partial charge in [-0.2, -0.15) is 0 Å². The molecule has 0 bridgehead atoms. The van der Waals surface area contributed by atoms with Crippen molar-refractivity contribution in [1.29, 1.82) is 0 Å². The number of hydrogen-bond donors (Lipinski definition) is 5. The molecule has 0 saturated heterocycles. The number of rotatable bonds is 16. The molecule has 0 unspecified atom stereocenters. The molecule has 5 N–H and O–H groups in total. The van der Waals surface area contributed by atoms with E-state index in [1.165, 1.54) is 6.92 Å². The van der Waals surface area contributed by atoms with E-state index in [1.807, 2.05) is 0 Å². The highest BCUT2D eigenvalue weighted by atomic mass is 16.6. The summed E-state index contributed by atoms with van der Waals surface area (Å²) < 4.78 is 15.7. The molecule has 0 aromatic carbocycles. The van der Waals surface area contributed by atoms with E-state index >= 15 is 0 Å². The molecule has 248 valence electrons. The number of carbonyl (C=O) groups is 5. The van der Waals surface area contributed by atoms with E-state index in [9.17, 15) is 24.0 Å². The quantitative estimate of drug-likeness (QED) is 0.125. The number of amides is 4. The summed E-state index contributed by atoms with van der Waals surface area (Å²) in [4.78, 5) is 61.1. The van der Waals surface area contributed by atoms with Crippen LogP contribution in [0.4, 0.5) is 14.4 Å². The Morgan fingerprint density at radius 3 is 1.44 bits per heavy atom. The molecule has 43 heavy (non-hydrogen) atoms. The Morgan fingerprint density at radius 2 is 1.00 bits per heavy atom. The monoisotopic (exact) mass is 613 g/mol. The fourth-order valence-corrected chi connectivity index (χ4v) is 3.54. The van der Waals surface area contributed by atoms with Crippen LogP contribution in [0, 0.1) is 0 Å². The van der Waals surface area contributed by atoms with Crippen LogP contribution < -0.4 is 26.6 Å². The van der Waals surface area contributed by atoms with Crippen molar-refractivity contribution >= 4 is 30.0 Å². The van der Waals surface area contributed by atoms with Crippen molar-refractivity contribution in [3.8, 4) is 0 Å². The summed E-state index contributed by atoms with van der Waals surface area (Å²) in [5.41, 5.74) is -2.03. The first-order valence-corrected chi connectivity index (χ1v) is 14.8. The predicted molar refractivity (Wildman–Crippen MR) is 164 cm³/mol. The molecule has 0 aliphatic heterocycles. The summed E-state index contributed by atoms with van der Waals surface area (Å²) >= 11 is 0. The largest absolute Gasteiger partial charge is 0.444 e. The third kappa shape index (κ3) is 22.7. The molecule has 4 amide bonds. The Hall–Kier alpha value is -3.51. The Balaban J connectivity index is 4.78. The summed E-state index contributed by atoms with van der Waals surface area (Å²) in [6.45, 7) is 21.7. The number of nitrogens with one attached hydrogen (secondary N) is 5. The highest BCUT2D eigenvalue weighted by Gasteiger charge is 2.25. The van der Waals surface area contributed by atoms with Crippen molar-refractivity contribution in [2.45, 2.75) is 137 Å². The molecule has 0 radical (unpaired) electrons. The molecule has 0 spiro atoms. The molecule has 0 aliphatic rings. The topological polar surface area (TPSA) is 173 Å². The van der Waals surface area contributed by atoms with E-state index in [-0.39, 0.29) is 11.7 Å². The highest BCUT2D eigenvalue weighted by Crippen LogP contribution is 2.11. The van der Waals surface area contributed by atoms with Crippen LogP contribution >= 0.6 is 0 Å². The van der Waals surface area contributed by atoms with Crippen LogP contribution in [0.25, 0.3) is 0 Å². The zero-order chi connectivity index (χ0) is 33.4. The fraction of sp³-hybridized carbons (Fsp3) is 0.767. The van der Waals surface area contributed by atoms with Gasteiger partial charge in [-0.25, -0.2) is 14.4 Å². The third-order valence-corrected chi connectivity index (χ3v) is 5.32.